The first-order valence-corrected chi connectivity index (χ1v) is 5.37. The molecule has 0 fully saturated rings. The minimum absolute atomic E-state index is 0. The van der Waals surface area contributed by atoms with Gasteiger partial charge in [-0.15, -0.1) is 0 Å². The summed E-state index contributed by atoms with van der Waals surface area (Å²) < 4.78 is 46.5. The number of hydrogen-bond acceptors (Lipinski definition) is 2. The first-order chi connectivity index (χ1) is 3.46. The molecule has 0 unspecified atom stereocenters. The maximum atomic E-state index is 8.81. The van der Waals surface area contributed by atoms with Gasteiger partial charge >= 0.3 is 85.9 Å². The van der Waals surface area contributed by atoms with Gasteiger partial charge in [0, 0.05) is 26.2 Å². The molecule has 0 amide bonds. The minimum atomic E-state index is -3.58. The summed E-state index contributed by atoms with van der Waals surface area (Å²) in [6.45, 7) is 0. The van der Waals surface area contributed by atoms with E-state index in [0.29, 0.717) is 0 Å². The van der Waals surface area contributed by atoms with Crippen molar-refractivity contribution in [1.29, 1.82) is 0 Å². The Morgan fingerprint density at radius 1 is 0.800 bits per heavy atom. The molecule has 0 atom stereocenters. The van der Waals surface area contributed by atoms with Gasteiger partial charge in [-0.1, -0.05) is 0 Å². The van der Waals surface area contributed by atoms with Crippen molar-refractivity contribution in [2.24, 2.45) is 0 Å². The Bertz CT molecular complexity index is 73.7. The fraction of sp³-hybridized carbons (Fsp3) is 0. The van der Waals surface area contributed by atoms with Crippen LogP contribution in [0.15, 0.2) is 0 Å². The topological polar surface area (TPSA) is 115 Å². The predicted molar refractivity (Wildman–Crippen MR) is 18.8 cm³/mol. The monoisotopic (exact) mass is 496 g/mol. The van der Waals surface area contributed by atoms with Crippen molar-refractivity contribution >= 4 is 27.3 Å². The molecular formula is H6O6PbTi2Zr. The summed E-state index contributed by atoms with van der Waals surface area (Å²) >= 11 is -7.17. The summed E-state index contributed by atoms with van der Waals surface area (Å²) in [4.78, 5) is 0. The molecule has 0 saturated carbocycles. The molecule has 2 radical (unpaired) electrons. The van der Waals surface area contributed by atoms with Crippen LogP contribution in [0.1, 0.15) is 0 Å². The van der Waals surface area contributed by atoms with E-state index in [1.54, 1.807) is 0 Å². The first kappa shape index (κ1) is 23.0. The Morgan fingerprint density at radius 3 is 0.800 bits per heavy atom. The van der Waals surface area contributed by atoms with Gasteiger partial charge in [0.1, 0.15) is 0 Å². The van der Waals surface area contributed by atoms with Crippen molar-refractivity contribution in [3.63, 3.8) is 0 Å². The van der Waals surface area contributed by atoms with Crippen LogP contribution in [-0.4, -0.2) is 42.1 Å². The van der Waals surface area contributed by atoms with Crippen LogP contribution in [0.5, 0.6) is 0 Å². The Balaban J connectivity index is -0.0000000300. The van der Waals surface area contributed by atoms with Gasteiger partial charge in [-0.2, -0.15) is 0 Å². The molecule has 58 valence electrons. The zero-order chi connectivity index (χ0) is 7.15. The second-order valence-corrected chi connectivity index (χ2v) is 2.33. The average Bonchev–Trinajstić information content (AvgIpc) is 1.25. The second kappa shape index (κ2) is 17.7. The van der Waals surface area contributed by atoms with Gasteiger partial charge in [-0.05, 0) is 0 Å². The minimum Gasteiger partial charge on any atom is 0 e. The zero-order valence-electron chi connectivity index (χ0n) is 4.81. The Kier molecular flexibility index (Phi) is 40.6. The summed E-state index contributed by atoms with van der Waals surface area (Å²) in [6, 6.07) is 0. The van der Waals surface area contributed by atoms with E-state index in [1.807, 2.05) is 0 Å². The van der Waals surface area contributed by atoms with Crippen molar-refractivity contribution in [2.45, 2.75) is 0 Å². The quantitative estimate of drug-likeness (QED) is 0.260. The molecule has 0 saturated heterocycles. The van der Waals surface area contributed by atoms with Gasteiger partial charge in [-0.25, -0.2) is 0 Å². The molecule has 4 N–H and O–H groups in total. The third-order valence-corrected chi connectivity index (χ3v) is 0. The Morgan fingerprint density at radius 2 is 0.800 bits per heavy atom. The molecule has 0 bridgehead atoms. The molecule has 10 heteroatoms. The van der Waals surface area contributed by atoms with E-state index in [-0.39, 0.29) is 53.5 Å². The number of hydrogen-bond donors (Lipinski definition) is 4. The van der Waals surface area contributed by atoms with E-state index < -0.39 is 37.2 Å². The van der Waals surface area contributed by atoms with E-state index in [2.05, 4.69) is 0 Å². The van der Waals surface area contributed by atoms with Crippen molar-refractivity contribution in [2.75, 3.05) is 0 Å². The summed E-state index contributed by atoms with van der Waals surface area (Å²) in [5, 5.41) is 0. The zero-order valence-corrected chi connectivity index (χ0v) is 15.9. The molecule has 0 aliphatic rings. The normalized spacial score (nSPS) is 5.20. The largest absolute Gasteiger partial charge is 0 e. The second-order valence-electron chi connectivity index (χ2n) is 0.565. The number of rotatable bonds is 0. The fourth-order valence-corrected chi connectivity index (χ4v) is 0. The van der Waals surface area contributed by atoms with Gasteiger partial charge in [-0.3, -0.25) is 0 Å². The maximum Gasteiger partial charge on any atom is 0 e. The maximum absolute atomic E-state index is 8.81. The summed E-state index contributed by atoms with van der Waals surface area (Å²) in [5.41, 5.74) is 0. The van der Waals surface area contributed by atoms with Crippen LogP contribution in [0.25, 0.3) is 0 Å². The van der Waals surface area contributed by atoms with Gasteiger partial charge in [0.05, 0.1) is 0 Å². The van der Waals surface area contributed by atoms with Gasteiger partial charge in [0.25, 0.3) is 0 Å². The van der Waals surface area contributed by atoms with Gasteiger partial charge in [0.15, 0.2) is 0 Å². The molecule has 0 heterocycles. The van der Waals surface area contributed by atoms with Crippen LogP contribution in [0.3, 0.4) is 0 Å². The van der Waals surface area contributed by atoms with Crippen LogP contribution in [-0.2, 0) is 70.1 Å². The van der Waals surface area contributed by atoms with Crippen molar-refractivity contribution in [3.8, 4) is 0 Å². The predicted octanol–water partition coefficient (Wildman–Crippen LogP) is -3.39. The summed E-state index contributed by atoms with van der Waals surface area (Å²) in [7, 11) is 0. The fourth-order valence-electron chi connectivity index (χ4n) is 0. The molecule has 0 aromatic carbocycles. The van der Waals surface area contributed by atoms with Gasteiger partial charge in [0.2, 0.25) is 0 Å². The Labute approximate surface area is 110 Å². The third kappa shape index (κ3) is 140. The van der Waals surface area contributed by atoms with Crippen LogP contribution in [0.4, 0.5) is 0 Å². The van der Waals surface area contributed by atoms with Crippen LogP contribution < -0.4 is 0 Å². The SMILES string of the molecule is [O]=[Ti]([OH])[OH].[O]=[Ti]([OH])[OH].[PbH2].[Zr]. The van der Waals surface area contributed by atoms with E-state index in [1.165, 1.54) is 0 Å². The van der Waals surface area contributed by atoms with Gasteiger partial charge < -0.3 is 0 Å². The summed E-state index contributed by atoms with van der Waals surface area (Å²) in [5.74, 6) is 0. The summed E-state index contributed by atoms with van der Waals surface area (Å²) in [6.07, 6.45) is 0. The first-order valence-electron chi connectivity index (χ1n) is 1.30. The van der Waals surface area contributed by atoms with Crippen LogP contribution in [0, 0.1) is 0 Å². The van der Waals surface area contributed by atoms with Crippen molar-refractivity contribution in [1.82, 2.24) is 0 Å². The van der Waals surface area contributed by atoms with Crippen molar-refractivity contribution < 1.29 is 84.8 Å². The molecule has 10 heavy (non-hydrogen) atoms. The van der Waals surface area contributed by atoms with E-state index in [9.17, 15) is 0 Å². The molecule has 0 aromatic heterocycles. The van der Waals surface area contributed by atoms with E-state index in [0.717, 1.165) is 0 Å². The Hall–Kier alpha value is 2.67. The molecule has 0 aromatic rings. The third-order valence-electron chi connectivity index (χ3n) is 0. The molecule has 0 aliphatic heterocycles. The smallest absolute Gasteiger partial charge is 0 e. The molecule has 0 aliphatic carbocycles. The van der Waals surface area contributed by atoms with E-state index in [4.69, 9.17) is 21.4 Å². The van der Waals surface area contributed by atoms with Crippen LogP contribution >= 0.6 is 0 Å². The van der Waals surface area contributed by atoms with Crippen molar-refractivity contribution in [3.05, 3.63) is 0 Å². The standard InChI is InChI=1S/4H2O.2O.Pb.2Ti.Zr.2H/h4*1H2;;;;;;;;/q;;;;;;;2*+2;;;/p-4. The van der Waals surface area contributed by atoms with E-state index >= 15 is 0 Å². The molecule has 0 rings (SSSR count). The molecule has 6 nitrogen and oxygen atoms in total. The molecule has 0 spiro atoms. The average molecular weight is 496 g/mol. The molecular weight excluding hydrogens is 490 g/mol. The van der Waals surface area contributed by atoms with Crippen LogP contribution in [0.2, 0.25) is 0 Å².